The van der Waals surface area contributed by atoms with Crippen molar-refractivity contribution in [2.45, 2.75) is 13.8 Å². The number of ketones is 1. The van der Waals surface area contributed by atoms with Crippen LogP contribution in [0.25, 0.3) is 11.0 Å². The van der Waals surface area contributed by atoms with Crippen LogP contribution < -0.4 is 10.1 Å². The summed E-state index contributed by atoms with van der Waals surface area (Å²) < 4.78 is 11.1. The molecule has 30 heavy (non-hydrogen) atoms. The van der Waals surface area contributed by atoms with Crippen LogP contribution in [-0.2, 0) is 0 Å². The van der Waals surface area contributed by atoms with E-state index in [9.17, 15) is 9.59 Å². The monoisotopic (exact) mass is 399 g/mol. The normalized spacial score (nSPS) is 10.8. The van der Waals surface area contributed by atoms with Gasteiger partial charge in [-0.15, -0.1) is 0 Å². The number of aryl methyl sites for hydroxylation is 2. The van der Waals surface area contributed by atoms with Crippen LogP contribution in [0.5, 0.6) is 5.75 Å². The number of benzene rings is 3. The van der Waals surface area contributed by atoms with E-state index in [-0.39, 0.29) is 17.5 Å². The SMILES string of the molecule is COc1cccc(C(=O)c2oc3ccc(NC(=O)c4ccccc4C)cc3c2C)c1. The van der Waals surface area contributed by atoms with Crippen LogP contribution >= 0.6 is 0 Å². The second-order valence-corrected chi connectivity index (χ2v) is 7.10. The second kappa shape index (κ2) is 7.87. The van der Waals surface area contributed by atoms with Crippen LogP contribution in [0.4, 0.5) is 5.69 Å². The van der Waals surface area contributed by atoms with Crippen molar-refractivity contribution >= 4 is 28.3 Å². The Morgan fingerprint density at radius 1 is 0.933 bits per heavy atom. The lowest BCUT2D eigenvalue weighted by atomic mass is 10.0. The Kier molecular flexibility index (Phi) is 5.11. The number of carbonyl (C=O) groups excluding carboxylic acids is 2. The molecule has 3 aromatic carbocycles. The van der Waals surface area contributed by atoms with Crippen LogP contribution in [0.3, 0.4) is 0 Å². The number of fused-ring (bicyclic) bond motifs is 1. The van der Waals surface area contributed by atoms with Gasteiger partial charge in [-0.2, -0.15) is 0 Å². The van der Waals surface area contributed by atoms with Crippen molar-refractivity contribution in [1.82, 2.24) is 0 Å². The summed E-state index contributed by atoms with van der Waals surface area (Å²) in [5.41, 5.74) is 3.97. The first kappa shape index (κ1) is 19.5. The van der Waals surface area contributed by atoms with Gasteiger partial charge < -0.3 is 14.5 Å². The molecule has 0 saturated carbocycles. The Hall–Kier alpha value is -3.86. The van der Waals surface area contributed by atoms with Gasteiger partial charge in [0.2, 0.25) is 5.78 Å². The molecule has 5 nitrogen and oxygen atoms in total. The van der Waals surface area contributed by atoms with E-state index in [1.807, 2.05) is 38.1 Å². The fourth-order valence-corrected chi connectivity index (χ4v) is 3.44. The maximum Gasteiger partial charge on any atom is 0.255 e. The largest absolute Gasteiger partial charge is 0.497 e. The van der Waals surface area contributed by atoms with Crippen molar-refractivity contribution < 1.29 is 18.7 Å². The number of hydrogen-bond donors (Lipinski definition) is 1. The molecule has 1 N–H and O–H groups in total. The van der Waals surface area contributed by atoms with Crippen LogP contribution in [-0.4, -0.2) is 18.8 Å². The zero-order valence-corrected chi connectivity index (χ0v) is 17.0. The smallest absolute Gasteiger partial charge is 0.255 e. The molecule has 4 rings (SSSR count). The maximum atomic E-state index is 13.0. The molecule has 0 aliphatic carbocycles. The molecule has 1 aromatic heterocycles. The molecule has 0 radical (unpaired) electrons. The average molecular weight is 399 g/mol. The second-order valence-electron chi connectivity index (χ2n) is 7.10. The predicted molar refractivity (Wildman–Crippen MR) is 117 cm³/mol. The van der Waals surface area contributed by atoms with Gasteiger partial charge in [0, 0.05) is 27.8 Å². The average Bonchev–Trinajstić information content (AvgIpc) is 3.09. The van der Waals surface area contributed by atoms with Gasteiger partial charge in [0.15, 0.2) is 5.76 Å². The maximum absolute atomic E-state index is 13.0. The Balaban J connectivity index is 1.66. The van der Waals surface area contributed by atoms with Gasteiger partial charge in [0.1, 0.15) is 11.3 Å². The number of rotatable bonds is 5. The first-order chi connectivity index (χ1) is 14.5. The summed E-state index contributed by atoms with van der Waals surface area (Å²) >= 11 is 0. The van der Waals surface area contributed by atoms with E-state index in [4.69, 9.17) is 9.15 Å². The molecular weight excluding hydrogens is 378 g/mol. The molecule has 0 aliphatic heterocycles. The van der Waals surface area contributed by atoms with Gasteiger partial charge in [-0.25, -0.2) is 0 Å². The summed E-state index contributed by atoms with van der Waals surface area (Å²) in [4.78, 5) is 25.6. The summed E-state index contributed by atoms with van der Waals surface area (Å²) in [6, 6.07) is 19.7. The minimum atomic E-state index is -0.215. The van der Waals surface area contributed by atoms with Crippen molar-refractivity contribution in [3.8, 4) is 5.75 Å². The zero-order chi connectivity index (χ0) is 21.3. The van der Waals surface area contributed by atoms with E-state index >= 15 is 0 Å². The van der Waals surface area contributed by atoms with Crippen LogP contribution in [0.15, 0.2) is 71.1 Å². The van der Waals surface area contributed by atoms with E-state index in [1.54, 1.807) is 49.6 Å². The molecule has 4 aromatic rings. The van der Waals surface area contributed by atoms with E-state index in [2.05, 4.69) is 5.32 Å². The first-order valence-corrected chi connectivity index (χ1v) is 9.57. The molecule has 0 atom stereocenters. The lowest BCUT2D eigenvalue weighted by molar-refractivity contribution is 0.101. The molecule has 1 heterocycles. The highest BCUT2D eigenvalue weighted by Gasteiger charge is 2.20. The molecular formula is C25H21NO4. The standard InChI is InChI=1S/C25H21NO4/c1-15-7-4-5-10-20(15)25(28)26-18-11-12-22-21(14-18)16(2)24(30-22)23(27)17-8-6-9-19(13-17)29-3/h4-14H,1-3H3,(H,26,28). The Morgan fingerprint density at radius 2 is 1.73 bits per heavy atom. The Morgan fingerprint density at radius 3 is 2.50 bits per heavy atom. The third kappa shape index (κ3) is 3.57. The third-order valence-electron chi connectivity index (χ3n) is 5.12. The first-order valence-electron chi connectivity index (χ1n) is 9.57. The van der Waals surface area contributed by atoms with Crippen LogP contribution in [0, 0.1) is 13.8 Å². The molecule has 0 saturated heterocycles. The van der Waals surface area contributed by atoms with Crippen LogP contribution in [0.2, 0.25) is 0 Å². The zero-order valence-electron chi connectivity index (χ0n) is 17.0. The highest BCUT2D eigenvalue weighted by atomic mass is 16.5. The minimum absolute atomic E-state index is 0.179. The highest BCUT2D eigenvalue weighted by Crippen LogP contribution is 2.30. The number of furan rings is 1. The van der Waals surface area contributed by atoms with Gasteiger partial charge in [0.25, 0.3) is 5.91 Å². The van der Waals surface area contributed by atoms with Gasteiger partial charge >= 0.3 is 0 Å². The number of ether oxygens (including phenoxy) is 1. The fourth-order valence-electron chi connectivity index (χ4n) is 3.44. The van der Waals surface area contributed by atoms with Crippen molar-refractivity contribution in [3.63, 3.8) is 0 Å². The molecule has 0 aliphatic rings. The van der Waals surface area contributed by atoms with Gasteiger partial charge in [-0.05, 0) is 55.8 Å². The summed E-state index contributed by atoms with van der Waals surface area (Å²) in [6.07, 6.45) is 0. The predicted octanol–water partition coefficient (Wildman–Crippen LogP) is 5.54. The number of carbonyl (C=O) groups is 2. The van der Waals surface area contributed by atoms with Gasteiger partial charge in [-0.1, -0.05) is 30.3 Å². The van der Waals surface area contributed by atoms with Crippen molar-refractivity contribution in [2.75, 3.05) is 12.4 Å². The van der Waals surface area contributed by atoms with Gasteiger partial charge in [-0.3, -0.25) is 9.59 Å². The Labute approximate surface area is 174 Å². The van der Waals surface area contributed by atoms with E-state index in [1.165, 1.54) is 0 Å². The summed E-state index contributed by atoms with van der Waals surface area (Å²) in [7, 11) is 1.56. The molecule has 0 fully saturated rings. The van der Waals surface area contributed by atoms with Crippen molar-refractivity contribution in [1.29, 1.82) is 0 Å². The summed E-state index contributed by atoms with van der Waals surface area (Å²) in [6.45, 7) is 3.74. The number of methoxy groups -OCH3 is 1. The number of amides is 1. The van der Waals surface area contributed by atoms with Crippen molar-refractivity contribution in [3.05, 3.63) is 94.7 Å². The molecule has 5 heteroatoms. The van der Waals surface area contributed by atoms with Crippen LogP contribution in [0.1, 0.15) is 37.6 Å². The Bertz CT molecular complexity index is 1270. The quantitative estimate of drug-likeness (QED) is 0.447. The number of hydrogen-bond acceptors (Lipinski definition) is 4. The summed E-state index contributed by atoms with van der Waals surface area (Å²) in [5, 5.41) is 3.70. The van der Waals surface area contributed by atoms with Gasteiger partial charge in [0.05, 0.1) is 7.11 Å². The molecule has 0 bridgehead atoms. The topological polar surface area (TPSA) is 68.5 Å². The molecule has 150 valence electrons. The van der Waals surface area contributed by atoms with E-state index in [0.29, 0.717) is 28.1 Å². The minimum Gasteiger partial charge on any atom is -0.497 e. The lowest BCUT2D eigenvalue weighted by Gasteiger charge is -2.07. The number of nitrogens with one attached hydrogen (secondary N) is 1. The molecule has 0 unspecified atom stereocenters. The number of anilines is 1. The molecule has 1 amide bonds. The highest BCUT2D eigenvalue weighted by molar-refractivity contribution is 6.11. The lowest BCUT2D eigenvalue weighted by Crippen LogP contribution is -2.13. The van der Waals surface area contributed by atoms with E-state index in [0.717, 1.165) is 16.5 Å². The molecule has 0 spiro atoms. The fraction of sp³-hybridized carbons (Fsp3) is 0.120. The third-order valence-corrected chi connectivity index (χ3v) is 5.12. The van der Waals surface area contributed by atoms with Crippen molar-refractivity contribution in [2.24, 2.45) is 0 Å². The van der Waals surface area contributed by atoms with E-state index < -0.39 is 0 Å². The summed E-state index contributed by atoms with van der Waals surface area (Å²) in [5.74, 6) is 0.492.